The van der Waals surface area contributed by atoms with Gasteiger partial charge >= 0.3 is 0 Å². The molecule has 3 rings (SSSR count). The lowest BCUT2D eigenvalue weighted by Crippen LogP contribution is -2.40. The molecule has 4 nitrogen and oxygen atoms in total. The second kappa shape index (κ2) is 8.72. The third kappa shape index (κ3) is 4.99. The highest BCUT2D eigenvalue weighted by atomic mass is 16.5. The van der Waals surface area contributed by atoms with Crippen molar-refractivity contribution in [3.63, 3.8) is 0 Å². The van der Waals surface area contributed by atoms with Crippen molar-refractivity contribution < 1.29 is 14.6 Å². The summed E-state index contributed by atoms with van der Waals surface area (Å²) in [5.74, 6) is 0.408. The molecule has 0 fully saturated rings. The van der Waals surface area contributed by atoms with Crippen LogP contribution in [-0.2, 0) is 10.4 Å². The molecule has 3 aromatic carbocycles. The van der Waals surface area contributed by atoms with Gasteiger partial charge in [-0.25, -0.2) is 0 Å². The van der Waals surface area contributed by atoms with E-state index < -0.39 is 5.60 Å². The highest BCUT2D eigenvalue weighted by Gasteiger charge is 2.24. The van der Waals surface area contributed by atoms with Crippen LogP contribution in [0.5, 0.6) is 5.75 Å². The minimum atomic E-state index is -1.17. The second-order valence-electron chi connectivity index (χ2n) is 7.05. The van der Waals surface area contributed by atoms with E-state index in [-0.39, 0.29) is 19.1 Å². The Morgan fingerprint density at radius 1 is 0.929 bits per heavy atom. The first kappa shape index (κ1) is 19.6. The van der Waals surface area contributed by atoms with Gasteiger partial charge in [-0.2, -0.15) is 0 Å². The minimum absolute atomic E-state index is 0.0894. The Hall–Kier alpha value is -3.11. The van der Waals surface area contributed by atoms with Crippen LogP contribution in [0.15, 0.2) is 78.9 Å². The van der Waals surface area contributed by atoms with Crippen molar-refractivity contribution in [1.82, 2.24) is 5.32 Å². The molecule has 28 heavy (non-hydrogen) atoms. The van der Waals surface area contributed by atoms with Gasteiger partial charge in [0.05, 0.1) is 6.54 Å². The van der Waals surface area contributed by atoms with Gasteiger partial charge in [0.2, 0.25) is 0 Å². The van der Waals surface area contributed by atoms with Crippen LogP contribution in [0.4, 0.5) is 0 Å². The summed E-state index contributed by atoms with van der Waals surface area (Å²) in [5, 5.41) is 13.5. The van der Waals surface area contributed by atoms with E-state index in [1.54, 1.807) is 6.92 Å². The van der Waals surface area contributed by atoms with E-state index in [1.165, 1.54) is 0 Å². The molecule has 0 bridgehead atoms. The molecular formula is C24H25NO3. The number of amides is 1. The van der Waals surface area contributed by atoms with Gasteiger partial charge in [-0.1, -0.05) is 72.8 Å². The van der Waals surface area contributed by atoms with Gasteiger partial charge in [0.15, 0.2) is 6.61 Å². The van der Waals surface area contributed by atoms with Crippen LogP contribution in [0.2, 0.25) is 0 Å². The minimum Gasteiger partial charge on any atom is -0.484 e. The van der Waals surface area contributed by atoms with Crippen molar-refractivity contribution in [3.8, 4) is 16.9 Å². The Kier molecular flexibility index (Phi) is 6.12. The Labute approximate surface area is 165 Å². The van der Waals surface area contributed by atoms with Gasteiger partial charge in [0.1, 0.15) is 11.4 Å². The summed E-state index contributed by atoms with van der Waals surface area (Å²) in [6.45, 7) is 3.63. The largest absolute Gasteiger partial charge is 0.484 e. The summed E-state index contributed by atoms with van der Waals surface area (Å²) in [5.41, 5.74) is 2.74. The summed E-state index contributed by atoms with van der Waals surface area (Å²) in [4.78, 5) is 12.1. The molecular weight excluding hydrogens is 350 g/mol. The van der Waals surface area contributed by atoms with Crippen molar-refractivity contribution in [3.05, 3.63) is 90.0 Å². The van der Waals surface area contributed by atoms with Crippen molar-refractivity contribution in [2.75, 3.05) is 13.2 Å². The van der Waals surface area contributed by atoms with E-state index in [4.69, 9.17) is 4.74 Å². The molecule has 0 aliphatic rings. The van der Waals surface area contributed by atoms with Crippen molar-refractivity contribution in [1.29, 1.82) is 0 Å². The third-order valence-corrected chi connectivity index (χ3v) is 4.70. The number of para-hydroxylation sites is 1. The Balaban J connectivity index is 1.56. The van der Waals surface area contributed by atoms with Crippen LogP contribution in [0.25, 0.3) is 11.1 Å². The van der Waals surface area contributed by atoms with Gasteiger partial charge in [0.25, 0.3) is 5.91 Å². The number of benzene rings is 3. The average Bonchev–Trinajstić information content (AvgIpc) is 2.72. The first-order chi connectivity index (χ1) is 13.5. The van der Waals surface area contributed by atoms with Crippen molar-refractivity contribution in [2.45, 2.75) is 19.4 Å². The van der Waals surface area contributed by atoms with E-state index in [0.717, 1.165) is 22.3 Å². The molecule has 3 aromatic rings. The average molecular weight is 375 g/mol. The van der Waals surface area contributed by atoms with Crippen LogP contribution in [0, 0.1) is 6.92 Å². The smallest absolute Gasteiger partial charge is 0.258 e. The molecule has 2 N–H and O–H groups in total. The van der Waals surface area contributed by atoms with Gasteiger partial charge in [-0.05, 0) is 42.2 Å². The highest BCUT2D eigenvalue weighted by Crippen LogP contribution is 2.24. The number of hydrogen-bond donors (Lipinski definition) is 2. The number of ether oxygens (including phenoxy) is 1. The summed E-state index contributed by atoms with van der Waals surface area (Å²) in [6.07, 6.45) is 0. The lowest BCUT2D eigenvalue weighted by Gasteiger charge is -2.24. The van der Waals surface area contributed by atoms with Gasteiger partial charge in [-0.15, -0.1) is 0 Å². The predicted octanol–water partition coefficient (Wildman–Crippen LogP) is 4.06. The molecule has 1 unspecified atom stereocenters. The third-order valence-electron chi connectivity index (χ3n) is 4.70. The molecule has 0 aromatic heterocycles. The molecule has 1 atom stereocenters. The summed E-state index contributed by atoms with van der Waals surface area (Å²) in [6, 6.07) is 25.3. The number of hydrogen-bond acceptors (Lipinski definition) is 3. The SMILES string of the molecule is Cc1ccccc1OCC(=O)NCC(C)(O)c1ccc(-c2ccccc2)cc1. The van der Waals surface area contributed by atoms with E-state index >= 15 is 0 Å². The number of nitrogens with one attached hydrogen (secondary N) is 1. The Bertz CT molecular complexity index is 918. The van der Waals surface area contributed by atoms with Crippen molar-refractivity contribution >= 4 is 5.91 Å². The van der Waals surface area contributed by atoms with Crippen LogP contribution in [-0.4, -0.2) is 24.2 Å². The zero-order valence-corrected chi connectivity index (χ0v) is 16.2. The summed E-state index contributed by atoms with van der Waals surface area (Å²) in [7, 11) is 0. The molecule has 0 saturated heterocycles. The monoisotopic (exact) mass is 375 g/mol. The molecule has 0 saturated carbocycles. The van der Waals surface area contributed by atoms with E-state index in [2.05, 4.69) is 5.32 Å². The number of rotatable bonds is 7. The van der Waals surface area contributed by atoms with Gasteiger partial charge in [0, 0.05) is 0 Å². The zero-order valence-electron chi connectivity index (χ0n) is 16.2. The standard InChI is InChI=1S/C24H25NO3/c1-18-8-6-7-11-22(18)28-16-23(26)25-17-24(2,27)21-14-12-20(13-15-21)19-9-4-3-5-10-19/h3-15,27H,16-17H2,1-2H3,(H,25,26). The number of aliphatic hydroxyl groups is 1. The molecule has 0 aliphatic heterocycles. The van der Waals surface area contributed by atoms with Crippen molar-refractivity contribution in [2.24, 2.45) is 0 Å². The van der Waals surface area contributed by atoms with E-state index in [0.29, 0.717) is 5.75 Å². The van der Waals surface area contributed by atoms with Crippen LogP contribution < -0.4 is 10.1 Å². The molecule has 1 amide bonds. The van der Waals surface area contributed by atoms with Crippen LogP contribution in [0.3, 0.4) is 0 Å². The zero-order chi connectivity index (χ0) is 20.0. The second-order valence-corrected chi connectivity index (χ2v) is 7.05. The molecule has 0 heterocycles. The normalized spacial score (nSPS) is 12.8. The molecule has 4 heteroatoms. The first-order valence-corrected chi connectivity index (χ1v) is 9.29. The maximum atomic E-state index is 12.1. The molecule has 144 valence electrons. The number of carbonyl (C=O) groups is 1. The number of aryl methyl sites for hydroxylation is 1. The molecule has 0 aliphatic carbocycles. The summed E-state index contributed by atoms with van der Waals surface area (Å²) < 4.78 is 5.54. The van der Waals surface area contributed by atoms with Gasteiger partial charge < -0.3 is 15.2 Å². The van der Waals surface area contributed by atoms with Gasteiger partial charge in [-0.3, -0.25) is 4.79 Å². The maximum Gasteiger partial charge on any atom is 0.258 e. The van der Waals surface area contributed by atoms with Crippen LogP contribution >= 0.6 is 0 Å². The lowest BCUT2D eigenvalue weighted by molar-refractivity contribution is -0.124. The quantitative estimate of drug-likeness (QED) is 0.655. The molecule has 0 spiro atoms. The van der Waals surface area contributed by atoms with Crippen LogP contribution in [0.1, 0.15) is 18.1 Å². The fraction of sp³-hybridized carbons (Fsp3) is 0.208. The lowest BCUT2D eigenvalue weighted by atomic mass is 9.93. The molecule has 0 radical (unpaired) electrons. The fourth-order valence-corrected chi connectivity index (χ4v) is 2.94. The Morgan fingerprint density at radius 3 is 2.21 bits per heavy atom. The Morgan fingerprint density at radius 2 is 1.54 bits per heavy atom. The highest BCUT2D eigenvalue weighted by molar-refractivity contribution is 5.77. The van der Waals surface area contributed by atoms with E-state index in [9.17, 15) is 9.90 Å². The number of carbonyl (C=O) groups excluding carboxylic acids is 1. The topological polar surface area (TPSA) is 58.6 Å². The maximum absolute atomic E-state index is 12.1. The van der Waals surface area contributed by atoms with E-state index in [1.807, 2.05) is 85.8 Å². The fourth-order valence-electron chi connectivity index (χ4n) is 2.94. The predicted molar refractivity (Wildman–Crippen MR) is 111 cm³/mol. The summed E-state index contributed by atoms with van der Waals surface area (Å²) >= 11 is 0. The first-order valence-electron chi connectivity index (χ1n) is 9.29.